The standard InChI is InChI=1S/C20H27NO5/c22-16-13-4-8-21(9-5-13)20(16)11-25-17(23)14-3-7-19(10-14)6-1-2-15(19)18(24)26-12-20/h13-15H,1-12H2. The number of piperidine rings is 3. The molecule has 0 aromatic carbocycles. The van der Waals surface area contributed by atoms with E-state index in [1.807, 2.05) is 0 Å². The third-order valence-electron chi connectivity index (χ3n) is 8.00. The average Bonchev–Trinajstić information content (AvgIpc) is 3.27. The number of carbonyl (C=O) groups is 3. The van der Waals surface area contributed by atoms with Crippen molar-refractivity contribution in [1.29, 1.82) is 0 Å². The van der Waals surface area contributed by atoms with Gasteiger partial charge in [-0.2, -0.15) is 0 Å². The van der Waals surface area contributed by atoms with Crippen molar-refractivity contribution in [3.8, 4) is 0 Å². The Hall–Kier alpha value is -1.43. The molecule has 4 bridgehead atoms. The maximum atomic E-state index is 13.1. The lowest BCUT2D eigenvalue weighted by Crippen LogP contribution is -2.69. The van der Waals surface area contributed by atoms with Crippen LogP contribution in [0.2, 0.25) is 0 Å². The highest BCUT2D eigenvalue weighted by atomic mass is 16.6. The highest BCUT2D eigenvalue weighted by Gasteiger charge is 2.58. The number of ketones is 1. The molecule has 6 aliphatic rings. The summed E-state index contributed by atoms with van der Waals surface area (Å²) in [5.41, 5.74) is -1.05. The van der Waals surface area contributed by atoms with E-state index in [9.17, 15) is 14.4 Å². The van der Waals surface area contributed by atoms with Crippen molar-refractivity contribution in [2.75, 3.05) is 26.3 Å². The van der Waals surface area contributed by atoms with Crippen LogP contribution in [0.4, 0.5) is 0 Å². The molecule has 4 saturated heterocycles. The summed E-state index contributed by atoms with van der Waals surface area (Å²) < 4.78 is 11.5. The summed E-state index contributed by atoms with van der Waals surface area (Å²) in [6.45, 7) is 1.68. The molecule has 0 radical (unpaired) electrons. The third-order valence-corrected chi connectivity index (χ3v) is 8.00. The summed E-state index contributed by atoms with van der Waals surface area (Å²) in [5.74, 6) is -0.493. The predicted octanol–water partition coefficient (Wildman–Crippen LogP) is 1.71. The minimum Gasteiger partial charge on any atom is -0.463 e. The maximum absolute atomic E-state index is 13.1. The van der Waals surface area contributed by atoms with Gasteiger partial charge in [-0.25, -0.2) is 0 Å². The van der Waals surface area contributed by atoms with Crippen LogP contribution >= 0.6 is 0 Å². The van der Waals surface area contributed by atoms with Gasteiger partial charge in [0.25, 0.3) is 0 Å². The SMILES string of the molecule is O=C1OCC2(COC(=O)C3CCCC34CCC1C4)C(=O)C1CCN2CC1. The second-order valence-corrected chi connectivity index (χ2v) is 9.12. The molecule has 26 heavy (non-hydrogen) atoms. The van der Waals surface area contributed by atoms with Gasteiger partial charge in [0.05, 0.1) is 11.8 Å². The zero-order valence-corrected chi connectivity index (χ0v) is 15.2. The Bertz CT molecular complexity index is 655. The number of fused-ring (bicyclic) bond motifs is 3. The minimum absolute atomic E-state index is 0.0109. The van der Waals surface area contributed by atoms with E-state index >= 15 is 0 Å². The van der Waals surface area contributed by atoms with Crippen molar-refractivity contribution >= 4 is 17.7 Å². The van der Waals surface area contributed by atoms with Crippen LogP contribution in [0.3, 0.4) is 0 Å². The molecule has 0 N–H and O–H groups in total. The molecular formula is C20H27NO5. The fourth-order valence-corrected chi connectivity index (χ4v) is 6.48. The lowest BCUT2D eigenvalue weighted by Gasteiger charge is -2.51. The number of hydrogen-bond acceptors (Lipinski definition) is 6. The molecule has 4 atom stereocenters. The fourth-order valence-electron chi connectivity index (χ4n) is 6.48. The Balaban J connectivity index is 1.48. The van der Waals surface area contributed by atoms with E-state index in [4.69, 9.17) is 9.47 Å². The minimum atomic E-state index is -0.957. The van der Waals surface area contributed by atoms with Crippen LogP contribution in [0, 0.1) is 23.2 Å². The number of esters is 2. The smallest absolute Gasteiger partial charge is 0.309 e. The number of nitrogens with zero attached hydrogens (tertiary/aromatic N) is 1. The summed E-state index contributed by atoms with van der Waals surface area (Å²) in [6.07, 6.45) is 7.00. The Labute approximate surface area is 153 Å². The predicted molar refractivity (Wildman–Crippen MR) is 91.1 cm³/mol. The second-order valence-electron chi connectivity index (χ2n) is 9.12. The first-order valence-corrected chi connectivity index (χ1v) is 10.2. The Kier molecular flexibility index (Phi) is 3.72. The molecule has 2 saturated carbocycles. The maximum Gasteiger partial charge on any atom is 0.309 e. The van der Waals surface area contributed by atoms with Gasteiger partial charge in [-0.15, -0.1) is 0 Å². The van der Waals surface area contributed by atoms with Crippen molar-refractivity contribution in [2.45, 2.75) is 56.9 Å². The largest absolute Gasteiger partial charge is 0.463 e. The summed E-state index contributed by atoms with van der Waals surface area (Å²) in [4.78, 5) is 40.9. The number of carbonyl (C=O) groups excluding carboxylic acids is 3. The van der Waals surface area contributed by atoms with E-state index in [0.29, 0.717) is 0 Å². The van der Waals surface area contributed by atoms with Crippen molar-refractivity contribution < 1.29 is 23.9 Å². The van der Waals surface area contributed by atoms with E-state index in [0.717, 1.165) is 64.5 Å². The molecule has 6 heteroatoms. The lowest BCUT2D eigenvalue weighted by atomic mass is 9.73. The molecule has 4 heterocycles. The number of Topliss-reactive ketones (excluding diaryl/α,β-unsaturated/α-hetero) is 1. The van der Waals surface area contributed by atoms with Gasteiger partial charge in [-0.3, -0.25) is 19.3 Å². The monoisotopic (exact) mass is 361 g/mol. The van der Waals surface area contributed by atoms with Crippen molar-refractivity contribution in [1.82, 2.24) is 4.90 Å². The first-order valence-electron chi connectivity index (χ1n) is 10.2. The zero-order valence-electron chi connectivity index (χ0n) is 15.2. The van der Waals surface area contributed by atoms with Crippen molar-refractivity contribution in [3.63, 3.8) is 0 Å². The fraction of sp³-hybridized carbons (Fsp3) is 0.850. The van der Waals surface area contributed by atoms with Gasteiger partial charge >= 0.3 is 11.9 Å². The quantitative estimate of drug-likeness (QED) is 0.612. The van der Waals surface area contributed by atoms with E-state index in [2.05, 4.69) is 4.90 Å². The van der Waals surface area contributed by atoms with Crippen LogP contribution in [-0.2, 0) is 23.9 Å². The van der Waals surface area contributed by atoms with Crippen LogP contribution in [-0.4, -0.2) is 54.5 Å². The van der Waals surface area contributed by atoms with E-state index < -0.39 is 5.54 Å². The lowest BCUT2D eigenvalue weighted by molar-refractivity contribution is -0.175. The van der Waals surface area contributed by atoms with E-state index in [-0.39, 0.29) is 54.1 Å². The zero-order chi connectivity index (χ0) is 17.9. The molecule has 4 unspecified atom stereocenters. The van der Waals surface area contributed by atoms with Gasteiger partial charge in [-0.1, -0.05) is 6.42 Å². The molecule has 0 aromatic rings. The van der Waals surface area contributed by atoms with Crippen LogP contribution in [0.5, 0.6) is 0 Å². The van der Waals surface area contributed by atoms with Gasteiger partial charge in [0.15, 0.2) is 5.78 Å². The number of rotatable bonds is 0. The molecule has 4 aliphatic heterocycles. The normalized spacial score (nSPS) is 48.1. The molecule has 6 nitrogen and oxygen atoms in total. The van der Waals surface area contributed by atoms with Crippen molar-refractivity contribution in [3.05, 3.63) is 0 Å². The van der Waals surface area contributed by atoms with Gasteiger partial charge in [-0.05, 0) is 50.4 Å². The Morgan fingerprint density at radius 1 is 0.846 bits per heavy atom. The molecule has 2 aliphatic carbocycles. The van der Waals surface area contributed by atoms with Gasteiger partial charge in [0, 0.05) is 19.0 Å². The van der Waals surface area contributed by atoms with Crippen LogP contribution < -0.4 is 0 Å². The second kappa shape index (κ2) is 5.78. The summed E-state index contributed by atoms with van der Waals surface area (Å²) in [5, 5.41) is 0. The highest BCUT2D eigenvalue weighted by molar-refractivity contribution is 5.93. The number of cyclic esters (lactones) is 2. The first-order chi connectivity index (χ1) is 12.5. The Morgan fingerprint density at radius 2 is 1.58 bits per heavy atom. The first kappa shape index (κ1) is 16.7. The molecule has 0 amide bonds. The summed E-state index contributed by atoms with van der Waals surface area (Å²) in [7, 11) is 0. The van der Waals surface area contributed by atoms with Crippen molar-refractivity contribution in [2.24, 2.45) is 23.2 Å². The molecule has 6 rings (SSSR count). The number of hydrogen-bond donors (Lipinski definition) is 0. The van der Waals surface area contributed by atoms with Gasteiger partial charge in [0.1, 0.15) is 18.8 Å². The van der Waals surface area contributed by atoms with Crippen LogP contribution in [0.25, 0.3) is 0 Å². The molecular weight excluding hydrogens is 334 g/mol. The van der Waals surface area contributed by atoms with Crippen LogP contribution in [0.1, 0.15) is 51.4 Å². The van der Waals surface area contributed by atoms with E-state index in [1.165, 1.54) is 0 Å². The average molecular weight is 361 g/mol. The van der Waals surface area contributed by atoms with E-state index in [1.54, 1.807) is 0 Å². The topological polar surface area (TPSA) is 72.9 Å². The number of ether oxygens (including phenoxy) is 2. The molecule has 2 spiro atoms. The summed E-state index contributed by atoms with van der Waals surface area (Å²) in [6, 6.07) is 0. The molecule has 142 valence electrons. The van der Waals surface area contributed by atoms with Crippen LogP contribution in [0.15, 0.2) is 0 Å². The Morgan fingerprint density at radius 3 is 2.31 bits per heavy atom. The summed E-state index contributed by atoms with van der Waals surface area (Å²) >= 11 is 0. The molecule has 6 fully saturated rings. The van der Waals surface area contributed by atoms with Gasteiger partial charge < -0.3 is 9.47 Å². The third kappa shape index (κ3) is 2.23. The van der Waals surface area contributed by atoms with Gasteiger partial charge in [0.2, 0.25) is 0 Å². The molecule has 0 aromatic heterocycles. The highest BCUT2D eigenvalue weighted by Crippen LogP contribution is 2.57.